The van der Waals surface area contributed by atoms with Gasteiger partial charge in [-0.2, -0.15) is 13.2 Å². The van der Waals surface area contributed by atoms with E-state index in [1.807, 2.05) is 0 Å². The fourth-order valence-corrected chi connectivity index (χ4v) is 1.92. The zero-order chi connectivity index (χ0) is 16.2. The maximum atomic E-state index is 12.8. The number of anilines is 1. The van der Waals surface area contributed by atoms with Gasteiger partial charge in [0.15, 0.2) is 0 Å². The Morgan fingerprint density at radius 1 is 1.14 bits per heavy atom. The molecule has 0 unspecified atom stereocenters. The second-order valence-electron chi connectivity index (χ2n) is 4.63. The standard InChI is InChI=1S/C16H14F3NO2/c1-20-13-8-11(7-12(10-13)16(17,18)19)9-15(21)22-14-5-3-2-4-6-14/h2-8,10,20H,9H2,1H3. The van der Waals surface area contributed by atoms with E-state index in [1.165, 1.54) is 13.1 Å². The lowest BCUT2D eigenvalue weighted by Crippen LogP contribution is -2.13. The van der Waals surface area contributed by atoms with Gasteiger partial charge >= 0.3 is 12.1 Å². The lowest BCUT2D eigenvalue weighted by molar-refractivity contribution is -0.138. The van der Waals surface area contributed by atoms with E-state index in [4.69, 9.17) is 4.74 Å². The Labute approximate surface area is 125 Å². The van der Waals surface area contributed by atoms with E-state index in [1.54, 1.807) is 30.3 Å². The number of halogens is 3. The maximum absolute atomic E-state index is 12.8. The summed E-state index contributed by atoms with van der Waals surface area (Å²) < 4.78 is 43.6. The smallest absolute Gasteiger partial charge is 0.416 e. The molecule has 0 bridgehead atoms. The first-order valence-electron chi connectivity index (χ1n) is 6.53. The van der Waals surface area contributed by atoms with Crippen molar-refractivity contribution >= 4 is 11.7 Å². The predicted octanol–water partition coefficient (Wildman–Crippen LogP) is 3.90. The lowest BCUT2D eigenvalue weighted by atomic mass is 10.1. The van der Waals surface area contributed by atoms with Crippen molar-refractivity contribution in [2.45, 2.75) is 12.6 Å². The van der Waals surface area contributed by atoms with Gasteiger partial charge in [-0.1, -0.05) is 18.2 Å². The normalized spacial score (nSPS) is 11.1. The van der Waals surface area contributed by atoms with Crippen LogP contribution in [0.5, 0.6) is 5.75 Å². The van der Waals surface area contributed by atoms with Gasteiger partial charge in [-0.3, -0.25) is 4.79 Å². The van der Waals surface area contributed by atoms with Gasteiger partial charge in [0.1, 0.15) is 5.75 Å². The number of carbonyl (C=O) groups excluding carboxylic acids is 1. The quantitative estimate of drug-likeness (QED) is 0.688. The average Bonchev–Trinajstić information content (AvgIpc) is 2.46. The largest absolute Gasteiger partial charge is 0.426 e. The van der Waals surface area contributed by atoms with Crippen molar-refractivity contribution in [3.8, 4) is 5.75 Å². The van der Waals surface area contributed by atoms with Gasteiger partial charge in [-0.15, -0.1) is 0 Å². The summed E-state index contributed by atoms with van der Waals surface area (Å²) in [5, 5.41) is 2.65. The van der Waals surface area contributed by atoms with Crippen LogP contribution in [0.15, 0.2) is 48.5 Å². The highest BCUT2D eigenvalue weighted by Gasteiger charge is 2.31. The van der Waals surface area contributed by atoms with E-state index in [9.17, 15) is 18.0 Å². The van der Waals surface area contributed by atoms with Crippen molar-refractivity contribution in [2.75, 3.05) is 12.4 Å². The lowest BCUT2D eigenvalue weighted by Gasteiger charge is -2.12. The van der Waals surface area contributed by atoms with E-state index >= 15 is 0 Å². The Kier molecular flexibility index (Phi) is 4.70. The van der Waals surface area contributed by atoms with E-state index in [0.29, 0.717) is 5.75 Å². The Hall–Kier alpha value is -2.50. The van der Waals surface area contributed by atoms with Gasteiger partial charge in [-0.05, 0) is 35.9 Å². The Bertz CT molecular complexity index is 654. The molecule has 0 aliphatic rings. The number of hydrogen-bond donors (Lipinski definition) is 1. The summed E-state index contributed by atoms with van der Waals surface area (Å²) in [6, 6.07) is 11.8. The summed E-state index contributed by atoms with van der Waals surface area (Å²) in [7, 11) is 1.52. The van der Waals surface area contributed by atoms with Crippen LogP contribution in [0.2, 0.25) is 0 Å². The minimum atomic E-state index is -4.47. The highest BCUT2D eigenvalue weighted by atomic mass is 19.4. The fraction of sp³-hybridized carbons (Fsp3) is 0.188. The topological polar surface area (TPSA) is 38.3 Å². The molecule has 2 rings (SSSR count). The minimum absolute atomic E-state index is 0.236. The van der Waals surface area contributed by atoms with Gasteiger partial charge in [0.2, 0.25) is 0 Å². The molecule has 0 heterocycles. The zero-order valence-electron chi connectivity index (χ0n) is 11.8. The van der Waals surface area contributed by atoms with Crippen LogP contribution in [0.1, 0.15) is 11.1 Å². The third kappa shape index (κ3) is 4.25. The Balaban J connectivity index is 2.16. The van der Waals surface area contributed by atoms with Crippen molar-refractivity contribution in [1.82, 2.24) is 0 Å². The second-order valence-corrected chi connectivity index (χ2v) is 4.63. The first-order valence-corrected chi connectivity index (χ1v) is 6.53. The van der Waals surface area contributed by atoms with E-state index < -0.39 is 17.7 Å². The molecule has 0 aliphatic carbocycles. The van der Waals surface area contributed by atoms with Gasteiger partial charge in [0, 0.05) is 12.7 Å². The summed E-state index contributed by atoms with van der Waals surface area (Å²) in [6.45, 7) is 0. The molecule has 0 saturated carbocycles. The number of para-hydroxylation sites is 1. The molecule has 0 fully saturated rings. The molecule has 116 valence electrons. The van der Waals surface area contributed by atoms with Crippen LogP contribution in [-0.4, -0.2) is 13.0 Å². The number of benzene rings is 2. The van der Waals surface area contributed by atoms with Gasteiger partial charge in [0.25, 0.3) is 0 Å². The van der Waals surface area contributed by atoms with Crippen molar-refractivity contribution < 1.29 is 22.7 Å². The molecule has 6 heteroatoms. The fourth-order valence-electron chi connectivity index (χ4n) is 1.92. The number of alkyl halides is 3. The van der Waals surface area contributed by atoms with Crippen LogP contribution < -0.4 is 10.1 Å². The molecule has 0 amide bonds. The number of ether oxygens (including phenoxy) is 1. The van der Waals surface area contributed by atoms with Crippen LogP contribution in [0.25, 0.3) is 0 Å². The average molecular weight is 309 g/mol. The molecular weight excluding hydrogens is 295 g/mol. The number of carbonyl (C=O) groups is 1. The van der Waals surface area contributed by atoms with Gasteiger partial charge in [-0.25, -0.2) is 0 Å². The SMILES string of the molecule is CNc1cc(CC(=O)Oc2ccccc2)cc(C(F)(F)F)c1. The van der Waals surface area contributed by atoms with Crippen molar-refractivity contribution in [3.63, 3.8) is 0 Å². The summed E-state index contributed by atoms with van der Waals surface area (Å²) in [6.07, 6.45) is -4.71. The van der Waals surface area contributed by atoms with Crippen molar-refractivity contribution in [2.24, 2.45) is 0 Å². The highest BCUT2D eigenvalue weighted by Crippen LogP contribution is 2.32. The molecule has 1 N–H and O–H groups in total. The summed E-state index contributed by atoms with van der Waals surface area (Å²) in [4.78, 5) is 11.8. The molecule has 22 heavy (non-hydrogen) atoms. The molecule has 0 radical (unpaired) electrons. The molecule has 0 atom stereocenters. The molecule has 0 saturated heterocycles. The molecule has 0 aromatic heterocycles. The Morgan fingerprint density at radius 3 is 2.41 bits per heavy atom. The van der Waals surface area contributed by atoms with Crippen LogP contribution in [-0.2, 0) is 17.4 Å². The third-order valence-corrected chi connectivity index (χ3v) is 2.93. The van der Waals surface area contributed by atoms with E-state index in [-0.39, 0.29) is 17.7 Å². The summed E-state index contributed by atoms with van der Waals surface area (Å²) in [5.41, 5.74) is -0.278. The molecule has 0 spiro atoms. The van der Waals surface area contributed by atoms with Crippen molar-refractivity contribution in [1.29, 1.82) is 0 Å². The second kappa shape index (κ2) is 6.51. The van der Waals surface area contributed by atoms with Crippen LogP contribution in [0.4, 0.5) is 18.9 Å². The van der Waals surface area contributed by atoms with E-state index in [0.717, 1.165) is 12.1 Å². The van der Waals surface area contributed by atoms with Gasteiger partial charge < -0.3 is 10.1 Å². The third-order valence-electron chi connectivity index (χ3n) is 2.93. The zero-order valence-corrected chi connectivity index (χ0v) is 11.8. The summed E-state index contributed by atoms with van der Waals surface area (Å²) >= 11 is 0. The van der Waals surface area contributed by atoms with E-state index in [2.05, 4.69) is 5.32 Å². The summed E-state index contributed by atoms with van der Waals surface area (Å²) in [5.74, 6) is -0.263. The monoisotopic (exact) mass is 309 g/mol. The van der Waals surface area contributed by atoms with Crippen LogP contribution in [0, 0.1) is 0 Å². The van der Waals surface area contributed by atoms with Crippen LogP contribution >= 0.6 is 0 Å². The first kappa shape index (κ1) is 15.9. The van der Waals surface area contributed by atoms with Crippen molar-refractivity contribution in [3.05, 3.63) is 59.7 Å². The van der Waals surface area contributed by atoms with Gasteiger partial charge in [0.05, 0.1) is 12.0 Å². The maximum Gasteiger partial charge on any atom is 0.416 e. The molecular formula is C16H14F3NO2. The molecule has 0 aliphatic heterocycles. The number of nitrogens with one attached hydrogen (secondary N) is 1. The van der Waals surface area contributed by atoms with Crippen LogP contribution in [0.3, 0.4) is 0 Å². The molecule has 2 aromatic rings. The number of esters is 1. The molecule has 3 nitrogen and oxygen atoms in total. The first-order chi connectivity index (χ1) is 10.4. The Morgan fingerprint density at radius 2 is 1.82 bits per heavy atom. The predicted molar refractivity (Wildman–Crippen MR) is 76.8 cm³/mol. The number of rotatable bonds is 4. The number of hydrogen-bond acceptors (Lipinski definition) is 3. The minimum Gasteiger partial charge on any atom is -0.426 e. The highest BCUT2D eigenvalue weighted by molar-refractivity contribution is 5.75. The molecule has 2 aromatic carbocycles.